The molecule has 1 unspecified atom stereocenters. The minimum Gasteiger partial charge on any atom is -0.411 e. The molecule has 4 aromatic rings. The minimum absolute atomic E-state index is 0.0256. The van der Waals surface area contributed by atoms with Crippen LogP contribution in [0.1, 0.15) is 18.0 Å². The van der Waals surface area contributed by atoms with E-state index in [0.29, 0.717) is 11.1 Å². The number of amides is 1. The SMILES string of the molecule is CC(c1nc2ccccc2s1)N(C)C(=O)CSc1nnc(-c2ccccc2Br)o1. The van der Waals surface area contributed by atoms with E-state index >= 15 is 0 Å². The van der Waals surface area contributed by atoms with E-state index in [1.54, 1.807) is 23.3 Å². The number of para-hydroxylation sites is 1. The molecule has 9 heteroatoms. The number of rotatable bonds is 6. The first-order valence-electron chi connectivity index (χ1n) is 8.85. The maximum Gasteiger partial charge on any atom is 0.277 e. The fraction of sp³-hybridized carbons (Fsp3) is 0.200. The maximum atomic E-state index is 12.7. The molecule has 2 aromatic heterocycles. The Morgan fingerprint density at radius 3 is 2.76 bits per heavy atom. The van der Waals surface area contributed by atoms with E-state index < -0.39 is 0 Å². The Kier molecular flexibility index (Phi) is 5.98. The van der Waals surface area contributed by atoms with Gasteiger partial charge in [-0.15, -0.1) is 21.5 Å². The van der Waals surface area contributed by atoms with Gasteiger partial charge in [-0.1, -0.05) is 36.0 Å². The summed E-state index contributed by atoms with van der Waals surface area (Å²) in [7, 11) is 1.79. The molecule has 0 saturated heterocycles. The summed E-state index contributed by atoms with van der Waals surface area (Å²) in [4.78, 5) is 19.0. The zero-order chi connectivity index (χ0) is 20.4. The number of hydrogen-bond acceptors (Lipinski definition) is 7. The van der Waals surface area contributed by atoms with Crippen molar-refractivity contribution in [1.29, 1.82) is 0 Å². The third-order valence-corrected chi connectivity index (χ3v) is 7.17. The van der Waals surface area contributed by atoms with Gasteiger partial charge < -0.3 is 9.32 Å². The van der Waals surface area contributed by atoms with Gasteiger partial charge in [-0.25, -0.2) is 4.98 Å². The highest BCUT2D eigenvalue weighted by molar-refractivity contribution is 9.10. The number of aromatic nitrogens is 3. The molecule has 1 amide bonds. The Hall–Kier alpha value is -2.23. The summed E-state index contributed by atoms with van der Waals surface area (Å²) in [6, 6.07) is 15.5. The highest BCUT2D eigenvalue weighted by Crippen LogP contribution is 2.31. The van der Waals surface area contributed by atoms with Crippen molar-refractivity contribution in [3.05, 3.63) is 58.0 Å². The van der Waals surface area contributed by atoms with Crippen LogP contribution in [-0.4, -0.2) is 38.8 Å². The fourth-order valence-electron chi connectivity index (χ4n) is 2.69. The van der Waals surface area contributed by atoms with Crippen LogP contribution in [0.5, 0.6) is 0 Å². The molecule has 0 radical (unpaired) electrons. The van der Waals surface area contributed by atoms with E-state index in [1.807, 2.05) is 55.5 Å². The molecule has 0 aliphatic rings. The van der Waals surface area contributed by atoms with Crippen molar-refractivity contribution in [2.45, 2.75) is 18.2 Å². The molecular formula is C20H17BrN4O2S2. The van der Waals surface area contributed by atoms with Crippen LogP contribution in [0.2, 0.25) is 0 Å². The predicted octanol–water partition coefficient (Wildman–Crippen LogP) is 5.42. The van der Waals surface area contributed by atoms with Gasteiger partial charge >= 0.3 is 0 Å². The summed E-state index contributed by atoms with van der Waals surface area (Å²) in [6.07, 6.45) is 0. The van der Waals surface area contributed by atoms with Crippen LogP contribution in [0.3, 0.4) is 0 Å². The van der Waals surface area contributed by atoms with Gasteiger partial charge in [0.2, 0.25) is 11.8 Å². The van der Waals surface area contributed by atoms with Crippen LogP contribution in [0.25, 0.3) is 21.7 Å². The topological polar surface area (TPSA) is 72.1 Å². The Balaban J connectivity index is 1.40. The van der Waals surface area contributed by atoms with Crippen molar-refractivity contribution < 1.29 is 9.21 Å². The molecular weight excluding hydrogens is 472 g/mol. The van der Waals surface area contributed by atoms with Crippen molar-refractivity contribution in [2.75, 3.05) is 12.8 Å². The molecule has 0 fully saturated rings. The first-order valence-corrected chi connectivity index (χ1v) is 11.4. The van der Waals surface area contributed by atoms with Crippen LogP contribution in [0.4, 0.5) is 0 Å². The summed E-state index contributed by atoms with van der Waals surface area (Å²) >= 11 is 6.32. The lowest BCUT2D eigenvalue weighted by atomic mass is 10.2. The zero-order valence-corrected chi connectivity index (χ0v) is 18.9. The van der Waals surface area contributed by atoms with Crippen molar-refractivity contribution in [1.82, 2.24) is 20.1 Å². The quantitative estimate of drug-likeness (QED) is 0.337. The molecule has 0 bridgehead atoms. The van der Waals surface area contributed by atoms with Gasteiger partial charge in [0, 0.05) is 11.5 Å². The van der Waals surface area contributed by atoms with Crippen LogP contribution in [-0.2, 0) is 4.79 Å². The highest BCUT2D eigenvalue weighted by atomic mass is 79.9. The molecule has 1 atom stereocenters. The van der Waals surface area contributed by atoms with Gasteiger partial charge in [0.25, 0.3) is 5.22 Å². The zero-order valence-electron chi connectivity index (χ0n) is 15.7. The van der Waals surface area contributed by atoms with Crippen LogP contribution in [0.15, 0.2) is 62.6 Å². The normalized spacial score (nSPS) is 12.2. The van der Waals surface area contributed by atoms with Gasteiger partial charge in [0.1, 0.15) is 5.01 Å². The van der Waals surface area contributed by atoms with E-state index in [2.05, 4.69) is 31.1 Å². The Bertz CT molecular complexity index is 1130. The number of thioether (sulfide) groups is 1. The number of hydrogen-bond donors (Lipinski definition) is 0. The van der Waals surface area contributed by atoms with Crippen LogP contribution >= 0.6 is 39.0 Å². The number of thiazole rings is 1. The Morgan fingerprint density at radius 2 is 1.97 bits per heavy atom. The van der Waals surface area contributed by atoms with E-state index in [0.717, 1.165) is 25.3 Å². The first-order chi connectivity index (χ1) is 14.0. The molecule has 2 aromatic carbocycles. The van der Waals surface area contributed by atoms with E-state index in [9.17, 15) is 4.79 Å². The van der Waals surface area contributed by atoms with E-state index in [-0.39, 0.29) is 17.7 Å². The molecule has 0 spiro atoms. The van der Waals surface area contributed by atoms with Crippen molar-refractivity contribution >= 4 is 55.2 Å². The average molecular weight is 489 g/mol. The summed E-state index contributed by atoms with van der Waals surface area (Å²) in [5.74, 6) is 0.606. The minimum atomic E-state index is -0.112. The largest absolute Gasteiger partial charge is 0.411 e. The Labute approximate surface area is 184 Å². The highest BCUT2D eigenvalue weighted by Gasteiger charge is 2.22. The second-order valence-corrected chi connectivity index (χ2v) is 9.19. The standard InChI is InChI=1S/C20H17BrN4O2S2/c1-12(19-22-15-9-5-6-10-16(15)29-19)25(2)17(26)11-28-20-24-23-18(27-20)13-7-3-4-8-14(13)21/h3-10,12H,11H2,1-2H3. The number of benzene rings is 2. The fourth-order valence-corrected chi connectivity index (χ4v) is 4.89. The molecule has 2 heterocycles. The third-order valence-electron chi connectivity index (χ3n) is 4.47. The number of carbonyl (C=O) groups is 1. The lowest BCUT2D eigenvalue weighted by Crippen LogP contribution is -2.31. The number of fused-ring (bicyclic) bond motifs is 1. The number of carbonyl (C=O) groups excluding carboxylic acids is 1. The molecule has 0 N–H and O–H groups in total. The van der Waals surface area contributed by atoms with Crippen LogP contribution in [0, 0.1) is 0 Å². The molecule has 0 aliphatic heterocycles. The van der Waals surface area contributed by atoms with Gasteiger partial charge in [0.05, 0.1) is 27.6 Å². The van der Waals surface area contributed by atoms with Crippen molar-refractivity contribution in [2.24, 2.45) is 0 Å². The third kappa shape index (κ3) is 4.36. The predicted molar refractivity (Wildman–Crippen MR) is 119 cm³/mol. The van der Waals surface area contributed by atoms with Crippen LogP contribution < -0.4 is 0 Å². The van der Waals surface area contributed by atoms with E-state index in [1.165, 1.54) is 11.8 Å². The van der Waals surface area contributed by atoms with Crippen molar-refractivity contribution in [3.63, 3.8) is 0 Å². The lowest BCUT2D eigenvalue weighted by molar-refractivity contribution is -0.128. The van der Waals surface area contributed by atoms with Gasteiger partial charge in [-0.3, -0.25) is 4.79 Å². The first kappa shape index (κ1) is 20.1. The van der Waals surface area contributed by atoms with Crippen molar-refractivity contribution in [3.8, 4) is 11.5 Å². The molecule has 29 heavy (non-hydrogen) atoms. The molecule has 148 valence electrons. The van der Waals surface area contributed by atoms with Gasteiger partial charge in [-0.2, -0.15) is 0 Å². The molecule has 0 aliphatic carbocycles. The molecule has 0 saturated carbocycles. The molecule has 4 rings (SSSR count). The summed E-state index contributed by atoms with van der Waals surface area (Å²) in [6.45, 7) is 1.98. The number of halogens is 1. The Morgan fingerprint density at radius 1 is 1.21 bits per heavy atom. The lowest BCUT2D eigenvalue weighted by Gasteiger charge is -2.22. The summed E-state index contributed by atoms with van der Waals surface area (Å²) in [5, 5.41) is 9.40. The van der Waals surface area contributed by atoms with Gasteiger partial charge in [-0.05, 0) is 47.1 Å². The molecule has 6 nitrogen and oxygen atoms in total. The summed E-state index contributed by atoms with van der Waals surface area (Å²) in [5.41, 5.74) is 1.78. The smallest absolute Gasteiger partial charge is 0.277 e. The average Bonchev–Trinajstić information content (AvgIpc) is 3.38. The maximum absolute atomic E-state index is 12.7. The van der Waals surface area contributed by atoms with E-state index in [4.69, 9.17) is 4.42 Å². The number of nitrogens with zero attached hydrogens (tertiary/aromatic N) is 4. The second kappa shape index (κ2) is 8.64. The summed E-state index contributed by atoms with van der Waals surface area (Å²) < 4.78 is 7.69. The monoisotopic (exact) mass is 488 g/mol. The van der Waals surface area contributed by atoms with Gasteiger partial charge in [0.15, 0.2) is 0 Å². The second-order valence-electron chi connectivity index (χ2n) is 6.34.